The van der Waals surface area contributed by atoms with Gasteiger partial charge in [0.05, 0.1) is 11.9 Å². The molecule has 2 saturated carbocycles. The number of allylic oxidation sites excluding steroid dienone is 4. The maximum absolute atomic E-state index is 14.3. The SMILES string of the molecule is C[C@]12CCC(O)=CC1CC(O)[C@@H]1[C@H]2CC[C@]2(C)C(N)=C(F)C[C@@H]12. The Morgan fingerprint density at radius 3 is 2.74 bits per heavy atom. The first-order valence-corrected chi connectivity index (χ1v) is 8.99. The zero-order valence-electron chi connectivity index (χ0n) is 14.1. The molecule has 0 spiro atoms. The lowest BCUT2D eigenvalue weighted by Gasteiger charge is -2.60. The number of nitrogens with two attached hydrogens (primary N) is 1. The predicted molar refractivity (Wildman–Crippen MR) is 86.9 cm³/mol. The summed E-state index contributed by atoms with van der Waals surface area (Å²) in [7, 11) is 0. The summed E-state index contributed by atoms with van der Waals surface area (Å²) in [5, 5.41) is 20.8. The van der Waals surface area contributed by atoms with E-state index in [1.807, 2.05) is 6.08 Å². The van der Waals surface area contributed by atoms with Crippen molar-refractivity contribution in [2.75, 3.05) is 0 Å². The van der Waals surface area contributed by atoms with E-state index in [1.54, 1.807) is 0 Å². The second kappa shape index (κ2) is 4.75. The van der Waals surface area contributed by atoms with Crippen molar-refractivity contribution < 1.29 is 14.6 Å². The van der Waals surface area contributed by atoms with E-state index >= 15 is 0 Å². The van der Waals surface area contributed by atoms with E-state index in [0.717, 1.165) is 25.7 Å². The smallest absolute Gasteiger partial charge is 0.119 e. The molecule has 4 rings (SSSR count). The van der Waals surface area contributed by atoms with Crippen LogP contribution in [0.3, 0.4) is 0 Å². The lowest BCUT2D eigenvalue weighted by atomic mass is 9.45. The molecule has 0 bridgehead atoms. The van der Waals surface area contributed by atoms with Gasteiger partial charge in [0.25, 0.3) is 0 Å². The molecule has 23 heavy (non-hydrogen) atoms. The number of aliphatic hydroxyl groups is 2. The summed E-state index contributed by atoms with van der Waals surface area (Å²) in [5.41, 5.74) is 6.34. The fourth-order valence-corrected chi connectivity index (χ4v) is 6.46. The average molecular weight is 321 g/mol. The molecule has 3 nitrogen and oxygen atoms in total. The molecule has 0 aliphatic heterocycles. The molecule has 0 aromatic heterocycles. The van der Waals surface area contributed by atoms with E-state index in [2.05, 4.69) is 13.8 Å². The van der Waals surface area contributed by atoms with Gasteiger partial charge in [-0.25, -0.2) is 4.39 Å². The normalized spacial score (nSPS) is 52.5. The molecule has 0 saturated heterocycles. The quantitative estimate of drug-likeness (QED) is 0.636. The van der Waals surface area contributed by atoms with Crippen LogP contribution in [0.2, 0.25) is 0 Å². The summed E-state index contributed by atoms with van der Waals surface area (Å²) in [4.78, 5) is 0. The van der Waals surface area contributed by atoms with E-state index in [-0.39, 0.29) is 34.4 Å². The van der Waals surface area contributed by atoms with E-state index in [1.165, 1.54) is 0 Å². The Kier molecular flexibility index (Phi) is 3.20. The number of hydrogen-bond acceptors (Lipinski definition) is 3. The lowest BCUT2D eigenvalue weighted by Crippen LogP contribution is -2.57. The van der Waals surface area contributed by atoms with Gasteiger partial charge in [-0.05, 0) is 60.8 Å². The topological polar surface area (TPSA) is 66.5 Å². The summed E-state index contributed by atoms with van der Waals surface area (Å²) in [6, 6.07) is 0. The predicted octanol–water partition coefficient (Wildman–Crippen LogP) is 3.80. The highest BCUT2D eigenvalue weighted by molar-refractivity contribution is 5.27. The molecular weight excluding hydrogens is 293 g/mol. The Bertz CT molecular complexity index is 600. The van der Waals surface area contributed by atoms with E-state index in [9.17, 15) is 14.6 Å². The van der Waals surface area contributed by atoms with Crippen LogP contribution in [0.15, 0.2) is 23.4 Å². The van der Waals surface area contributed by atoms with Crippen molar-refractivity contribution in [1.29, 1.82) is 0 Å². The van der Waals surface area contributed by atoms with Gasteiger partial charge in [0.1, 0.15) is 5.83 Å². The Labute approximate surface area is 137 Å². The van der Waals surface area contributed by atoms with Gasteiger partial charge in [-0.1, -0.05) is 13.8 Å². The summed E-state index contributed by atoms with van der Waals surface area (Å²) in [5.74, 6) is 1.17. The van der Waals surface area contributed by atoms with Gasteiger partial charge in [0, 0.05) is 24.0 Å². The zero-order chi connectivity index (χ0) is 16.6. The fourth-order valence-electron chi connectivity index (χ4n) is 6.46. The Morgan fingerprint density at radius 1 is 1.26 bits per heavy atom. The van der Waals surface area contributed by atoms with Crippen LogP contribution in [0.5, 0.6) is 0 Å². The number of halogens is 1. The number of aliphatic hydroxyl groups excluding tert-OH is 2. The van der Waals surface area contributed by atoms with Crippen molar-refractivity contribution in [3.8, 4) is 0 Å². The van der Waals surface area contributed by atoms with Crippen LogP contribution < -0.4 is 5.73 Å². The van der Waals surface area contributed by atoms with Crippen molar-refractivity contribution in [2.45, 2.75) is 58.5 Å². The number of rotatable bonds is 0. The third-order valence-corrected chi connectivity index (χ3v) is 7.98. The van der Waals surface area contributed by atoms with Crippen molar-refractivity contribution in [3.05, 3.63) is 23.4 Å². The van der Waals surface area contributed by atoms with Crippen LogP contribution in [0.1, 0.15) is 52.4 Å². The molecule has 4 N–H and O–H groups in total. The van der Waals surface area contributed by atoms with E-state index in [0.29, 0.717) is 30.2 Å². The summed E-state index contributed by atoms with van der Waals surface area (Å²) in [6.45, 7) is 4.40. The largest absolute Gasteiger partial charge is 0.513 e. The van der Waals surface area contributed by atoms with Crippen LogP contribution in [-0.4, -0.2) is 16.3 Å². The average Bonchev–Trinajstić information content (AvgIpc) is 2.73. The molecule has 0 amide bonds. The molecule has 0 aromatic rings. The Hall–Kier alpha value is -1.03. The number of fused-ring (bicyclic) bond motifs is 5. The molecule has 0 aromatic carbocycles. The van der Waals surface area contributed by atoms with Gasteiger partial charge < -0.3 is 15.9 Å². The highest BCUT2D eigenvalue weighted by Crippen LogP contribution is 2.66. The second-order valence-electron chi connectivity index (χ2n) is 8.84. The maximum atomic E-state index is 14.3. The molecule has 128 valence electrons. The van der Waals surface area contributed by atoms with Crippen LogP contribution in [-0.2, 0) is 0 Å². The molecule has 4 aliphatic carbocycles. The molecule has 7 atom stereocenters. The maximum Gasteiger partial charge on any atom is 0.119 e. The standard InChI is InChI=1S/C19H28FNO2/c1-18-5-3-11(22)7-10(18)8-15(23)16-12(18)4-6-19(2)13(16)9-14(20)17(19)21/h7,10,12-13,15-16,22-23H,3-6,8-9,21H2,1-2H3/t10?,12-,13+,15?,16-,18+,19+/m1/s1. The minimum Gasteiger partial charge on any atom is -0.513 e. The van der Waals surface area contributed by atoms with Gasteiger partial charge in [-0.15, -0.1) is 0 Å². The van der Waals surface area contributed by atoms with Crippen LogP contribution in [0, 0.1) is 34.5 Å². The van der Waals surface area contributed by atoms with Crippen LogP contribution >= 0.6 is 0 Å². The van der Waals surface area contributed by atoms with E-state index in [4.69, 9.17) is 5.73 Å². The molecular formula is C19H28FNO2. The minimum atomic E-state index is -0.427. The summed E-state index contributed by atoms with van der Waals surface area (Å²) in [6.07, 6.45) is 6.19. The lowest BCUT2D eigenvalue weighted by molar-refractivity contribution is -0.139. The third-order valence-electron chi connectivity index (χ3n) is 7.98. The Morgan fingerprint density at radius 2 is 2.00 bits per heavy atom. The minimum absolute atomic E-state index is 0.102. The molecule has 4 heteroatoms. The van der Waals surface area contributed by atoms with Gasteiger partial charge in [0.2, 0.25) is 0 Å². The van der Waals surface area contributed by atoms with Crippen molar-refractivity contribution >= 4 is 0 Å². The van der Waals surface area contributed by atoms with Gasteiger partial charge >= 0.3 is 0 Å². The first-order valence-electron chi connectivity index (χ1n) is 8.99. The molecule has 2 fully saturated rings. The Balaban J connectivity index is 1.72. The van der Waals surface area contributed by atoms with Gasteiger partial charge in [-0.3, -0.25) is 0 Å². The highest BCUT2D eigenvalue weighted by Gasteiger charge is 2.61. The first-order chi connectivity index (χ1) is 10.8. The molecule has 0 radical (unpaired) electrons. The fraction of sp³-hybridized carbons (Fsp3) is 0.789. The van der Waals surface area contributed by atoms with Crippen LogP contribution in [0.4, 0.5) is 4.39 Å². The van der Waals surface area contributed by atoms with Crippen molar-refractivity contribution in [2.24, 2.45) is 40.2 Å². The van der Waals surface area contributed by atoms with Crippen molar-refractivity contribution in [1.82, 2.24) is 0 Å². The summed E-state index contributed by atoms with van der Waals surface area (Å²) < 4.78 is 14.3. The molecule has 0 heterocycles. The highest BCUT2D eigenvalue weighted by atomic mass is 19.1. The zero-order valence-corrected chi connectivity index (χ0v) is 14.1. The second-order valence-corrected chi connectivity index (χ2v) is 8.84. The monoisotopic (exact) mass is 321 g/mol. The van der Waals surface area contributed by atoms with Gasteiger partial charge in [0.15, 0.2) is 0 Å². The van der Waals surface area contributed by atoms with Crippen LogP contribution in [0.25, 0.3) is 0 Å². The van der Waals surface area contributed by atoms with Crippen molar-refractivity contribution in [3.63, 3.8) is 0 Å². The van der Waals surface area contributed by atoms with E-state index < -0.39 is 6.10 Å². The van der Waals surface area contributed by atoms with Gasteiger partial charge in [-0.2, -0.15) is 0 Å². The molecule has 2 unspecified atom stereocenters. The third kappa shape index (κ3) is 1.90. The first kappa shape index (κ1) is 15.5. The number of hydrogen-bond donors (Lipinski definition) is 3. The molecule has 4 aliphatic rings. The summed E-state index contributed by atoms with van der Waals surface area (Å²) >= 11 is 0.